The number of anilines is 1. The van der Waals surface area contributed by atoms with E-state index in [9.17, 15) is 4.79 Å². The van der Waals surface area contributed by atoms with Crippen molar-refractivity contribution in [2.75, 3.05) is 5.01 Å². The summed E-state index contributed by atoms with van der Waals surface area (Å²) in [5.41, 5.74) is 0.255. The van der Waals surface area contributed by atoms with Gasteiger partial charge >= 0.3 is 0 Å². The first-order chi connectivity index (χ1) is 6.43. The largest absolute Gasteiger partial charge is 0.273 e. The van der Waals surface area contributed by atoms with Gasteiger partial charge in [-0.15, -0.1) is 0 Å². The van der Waals surface area contributed by atoms with Gasteiger partial charge in [0.05, 0.1) is 15.7 Å². The number of hydrogen-bond acceptors (Lipinski definition) is 2. The zero-order valence-corrected chi connectivity index (χ0v) is 9.49. The van der Waals surface area contributed by atoms with Crippen molar-refractivity contribution in [3.8, 4) is 0 Å². The van der Waals surface area contributed by atoms with Gasteiger partial charge in [-0.3, -0.25) is 4.79 Å². The third kappa shape index (κ3) is 2.30. The molecule has 0 atom stereocenters. The van der Waals surface area contributed by atoms with Crippen LogP contribution in [0.1, 0.15) is 6.92 Å². The molecule has 0 heterocycles. The van der Waals surface area contributed by atoms with E-state index in [4.69, 9.17) is 40.6 Å². The number of hydrazine groups is 1. The third-order valence-electron chi connectivity index (χ3n) is 1.56. The second kappa shape index (κ2) is 4.36. The first-order valence-corrected chi connectivity index (χ1v) is 4.77. The highest BCUT2D eigenvalue weighted by molar-refractivity contribution is 6.42. The van der Waals surface area contributed by atoms with Crippen molar-refractivity contribution in [1.29, 1.82) is 0 Å². The number of benzene rings is 1. The molecule has 14 heavy (non-hydrogen) atoms. The van der Waals surface area contributed by atoms with Crippen LogP contribution < -0.4 is 10.9 Å². The maximum atomic E-state index is 11.0. The third-order valence-corrected chi connectivity index (χ3v) is 2.36. The predicted octanol–water partition coefficient (Wildman–Crippen LogP) is 2.87. The molecule has 0 aromatic heterocycles. The summed E-state index contributed by atoms with van der Waals surface area (Å²) < 4.78 is 0. The molecule has 1 aromatic rings. The Kier molecular flexibility index (Phi) is 3.61. The molecule has 1 amide bonds. The van der Waals surface area contributed by atoms with Gasteiger partial charge in [-0.05, 0) is 12.1 Å². The molecule has 0 spiro atoms. The summed E-state index contributed by atoms with van der Waals surface area (Å²) >= 11 is 17.4. The Morgan fingerprint density at radius 3 is 2.07 bits per heavy atom. The topological polar surface area (TPSA) is 46.3 Å². The Morgan fingerprint density at radius 1 is 1.29 bits per heavy atom. The summed E-state index contributed by atoms with van der Waals surface area (Å²) in [4.78, 5) is 11.0. The number of carbonyl (C=O) groups excluding carboxylic acids is 1. The minimum Gasteiger partial charge on any atom is -0.273 e. The molecule has 0 aliphatic carbocycles. The highest BCUT2D eigenvalue weighted by Gasteiger charge is 2.15. The Labute approximate surface area is 96.3 Å². The zero-order chi connectivity index (χ0) is 10.9. The standard InChI is InChI=1S/C8H7Cl3N2O/c1-4(14)13(12)8-6(10)2-5(9)3-7(8)11/h2-3H,12H2,1H3. The van der Waals surface area contributed by atoms with Crippen LogP contribution in [-0.2, 0) is 4.79 Å². The van der Waals surface area contributed by atoms with Crippen LogP contribution in [-0.4, -0.2) is 5.91 Å². The van der Waals surface area contributed by atoms with Gasteiger partial charge in [0, 0.05) is 11.9 Å². The molecule has 0 fully saturated rings. The molecule has 6 heteroatoms. The van der Waals surface area contributed by atoms with Crippen LogP contribution in [0, 0.1) is 0 Å². The number of rotatable bonds is 1. The fraction of sp³-hybridized carbons (Fsp3) is 0.125. The number of nitrogens with two attached hydrogens (primary N) is 1. The van der Waals surface area contributed by atoms with Gasteiger partial charge in [0.2, 0.25) is 5.91 Å². The summed E-state index contributed by atoms with van der Waals surface area (Å²) in [7, 11) is 0. The SMILES string of the molecule is CC(=O)N(N)c1c(Cl)cc(Cl)cc1Cl. The molecule has 0 saturated heterocycles. The maximum absolute atomic E-state index is 11.0. The lowest BCUT2D eigenvalue weighted by molar-refractivity contribution is -0.116. The fourth-order valence-corrected chi connectivity index (χ4v) is 1.92. The van der Waals surface area contributed by atoms with E-state index in [1.165, 1.54) is 19.1 Å². The molecule has 0 unspecified atom stereocenters. The van der Waals surface area contributed by atoms with Gasteiger partial charge in [-0.2, -0.15) is 0 Å². The summed E-state index contributed by atoms with van der Waals surface area (Å²) in [6.07, 6.45) is 0. The van der Waals surface area contributed by atoms with Gasteiger partial charge in [0.25, 0.3) is 0 Å². The van der Waals surface area contributed by atoms with Crippen LogP contribution in [0.5, 0.6) is 0 Å². The van der Waals surface area contributed by atoms with Crippen LogP contribution in [0.2, 0.25) is 15.1 Å². The molecule has 0 aliphatic heterocycles. The Bertz CT molecular complexity index is 358. The fourth-order valence-electron chi connectivity index (χ4n) is 0.922. The molecule has 76 valence electrons. The lowest BCUT2D eigenvalue weighted by atomic mass is 10.3. The molecular formula is C8H7Cl3N2O. The quantitative estimate of drug-likeness (QED) is 0.475. The molecule has 0 saturated carbocycles. The van der Waals surface area contributed by atoms with E-state index in [1.54, 1.807) is 0 Å². The summed E-state index contributed by atoms with van der Waals surface area (Å²) in [6, 6.07) is 2.93. The molecule has 0 aliphatic rings. The minimum atomic E-state index is -0.365. The minimum absolute atomic E-state index is 0.236. The van der Waals surface area contributed by atoms with E-state index >= 15 is 0 Å². The number of amides is 1. The number of carbonyl (C=O) groups is 1. The van der Waals surface area contributed by atoms with Crippen molar-refractivity contribution in [3.05, 3.63) is 27.2 Å². The van der Waals surface area contributed by atoms with Gasteiger partial charge in [0.1, 0.15) is 0 Å². The van der Waals surface area contributed by atoms with Crippen LogP contribution in [0.25, 0.3) is 0 Å². The molecule has 3 nitrogen and oxygen atoms in total. The lowest BCUT2D eigenvalue weighted by Crippen LogP contribution is -2.35. The molecule has 0 radical (unpaired) electrons. The second-order valence-corrected chi connectivity index (χ2v) is 3.86. The van der Waals surface area contributed by atoms with Gasteiger partial charge in [-0.25, -0.2) is 10.9 Å². The number of hydrogen-bond donors (Lipinski definition) is 1. The average molecular weight is 254 g/mol. The highest BCUT2D eigenvalue weighted by Crippen LogP contribution is 2.35. The maximum Gasteiger partial charge on any atom is 0.238 e. The van der Waals surface area contributed by atoms with E-state index in [1.807, 2.05) is 0 Å². The summed E-state index contributed by atoms with van der Waals surface area (Å²) in [5.74, 6) is 5.10. The molecular weight excluding hydrogens is 246 g/mol. The molecule has 1 aromatic carbocycles. The lowest BCUT2D eigenvalue weighted by Gasteiger charge is -2.17. The highest BCUT2D eigenvalue weighted by atomic mass is 35.5. The van der Waals surface area contributed by atoms with Gasteiger partial charge in [0.15, 0.2) is 0 Å². The normalized spacial score (nSPS) is 10.1. The van der Waals surface area contributed by atoms with Crippen LogP contribution in [0.3, 0.4) is 0 Å². The Balaban J connectivity index is 3.27. The predicted molar refractivity (Wildman–Crippen MR) is 58.8 cm³/mol. The van der Waals surface area contributed by atoms with Crippen molar-refractivity contribution in [2.24, 2.45) is 5.84 Å². The van der Waals surface area contributed by atoms with Crippen LogP contribution >= 0.6 is 34.8 Å². The van der Waals surface area contributed by atoms with E-state index in [0.29, 0.717) is 5.02 Å². The van der Waals surface area contributed by atoms with E-state index in [2.05, 4.69) is 0 Å². The monoisotopic (exact) mass is 252 g/mol. The summed E-state index contributed by atoms with van der Waals surface area (Å²) in [5, 5.41) is 1.74. The number of nitrogens with zero attached hydrogens (tertiary/aromatic N) is 1. The van der Waals surface area contributed by atoms with Crippen molar-refractivity contribution in [3.63, 3.8) is 0 Å². The molecule has 2 N–H and O–H groups in total. The first-order valence-electron chi connectivity index (χ1n) is 3.63. The number of halogens is 3. The van der Waals surface area contributed by atoms with Crippen LogP contribution in [0.15, 0.2) is 12.1 Å². The molecule has 0 bridgehead atoms. The Hall–Kier alpha value is -0.480. The van der Waals surface area contributed by atoms with Crippen molar-refractivity contribution < 1.29 is 4.79 Å². The van der Waals surface area contributed by atoms with Crippen molar-refractivity contribution in [2.45, 2.75) is 6.92 Å². The summed E-state index contributed by atoms with van der Waals surface area (Å²) in [6.45, 7) is 1.31. The van der Waals surface area contributed by atoms with E-state index < -0.39 is 0 Å². The van der Waals surface area contributed by atoms with Crippen molar-refractivity contribution in [1.82, 2.24) is 0 Å². The average Bonchev–Trinajstić information content (AvgIpc) is 2.01. The zero-order valence-electron chi connectivity index (χ0n) is 7.22. The van der Waals surface area contributed by atoms with Gasteiger partial charge in [-0.1, -0.05) is 34.8 Å². The smallest absolute Gasteiger partial charge is 0.238 e. The Morgan fingerprint density at radius 2 is 1.71 bits per heavy atom. The second-order valence-electron chi connectivity index (χ2n) is 2.61. The van der Waals surface area contributed by atoms with E-state index in [-0.39, 0.29) is 21.6 Å². The first kappa shape index (κ1) is 11.6. The van der Waals surface area contributed by atoms with Gasteiger partial charge < -0.3 is 0 Å². The van der Waals surface area contributed by atoms with Crippen molar-refractivity contribution >= 4 is 46.4 Å². The van der Waals surface area contributed by atoms with E-state index in [0.717, 1.165) is 5.01 Å². The van der Waals surface area contributed by atoms with Crippen LogP contribution in [0.4, 0.5) is 5.69 Å². The molecule has 1 rings (SSSR count).